The molecule has 30 heavy (non-hydrogen) atoms. The van der Waals surface area contributed by atoms with Crippen molar-refractivity contribution >= 4 is 46.2 Å². The van der Waals surface area contributed by atoms with Crippen LogP contribution in [0, 0.1) is 6.92 Å². The summed E-state index contributed by atoms with van der Waals surface area (Å²) in [6.07, 6.45) is 1.44. The lowest BCUT2D eigenvalue weighted by atomic mass is 10.2. The molecule has 0 saturated carbocycles. The molecule has 0 aliphatic rings. The lowest BCUT2D eigenvalue weighted by molar-refractivity contribution is 0.0729. The van der Waals surface area contributed by atoms with Crippen LogP contribution in [0.15, 0.2) is 47.6 Å². The summed E-state index contributed by atoms with van der Waals surface area (Å²) in [7, 11) is 1.45. The Morgan fingerprint density at radius 3 is 2.57 bits per heavy atom. The average Bonchev–Trinajstić information content (AvgIpc) is 3.07. The Labute approximate surface area is 181 Å². The molecule has 0 radical (unpaired) electrons. The van der Waals surface area contributed by atoms with Gasteiger partial charge in [-0.1, -0.05) is 22.9 Å². The quantitative estimate of drug-likeness (QED) is 0.259. The highest BCUT2D eigenvalue weighted by molar-refractivity contribution is 7.17. The topological polar surface area (TPSA) is 116 Å². The van der Waals surface area contributed by atoms with E-state index in [0.717, 1.165) is 11.3 Å². The monoisotopic (exact) mass is 444 g/mol. The van der Waals surface area contributed by atoms with Crippen molar-refractivity contribution in [2.24, 2.45) is 5.10 Å². The predicted octanol–water partition coefficient (Wildman–Crippen LogP) is 3.68. The molecule has 2 aromatic carbocycles. The van der Waals surface area contributed by atoms with E-state index in [1.54, 1.807) is 49.4 Å². The Morgan fingerprint density at radius 2 is 1.93 bits per heavy atom. The predicted molar refractivity (Wildman–Crippen MR) is 116 cm³/mol. The number of hydrazone groups is 1. The highest BCUT2D eigenvalue weighted by atomic mass is 35.5. The van der Waals surface area contributed by atoms with E-state index in [2.05, 4.69) is 15.5 Å². The van der Waals surface area contributed by atoms with E-state index in [0.29, 0.717) is 37.6 Å². The lowest BCUT2D eigenvalue weighted by Gasteiger charge is -2.10. The van der Waals surface area contributed by atoms with Crippen molar-refractivity contribution in [1.29, 1.82) is 0 Å². The molecule has 154 valence electrons. The number of ether oxygens (including phenoxy) is 2. The van der Waals surface area contributed by atoms with Gasteiger partial charge in [0.25, 0.3) is 5.91 Å². The summed E-state index contributed by atoms with van der Waals surface area (Å²) in [6, 6.07) is 11.2. The van der Waals surface area contributed by atoms with Crippen LogP contribution in [0.1, 0.15) is 31.3 Å². The molecule has 8 nitrogen and oxygen atoms in total. The number of rotatable bonds is 6. The number of anilines is 1. The fourth-order valence-corrected chi connectivity index (χ4v) is 3.29. The van der Waals surface area contributed by atoms with E-state index >= 15 is 0 Å². The molecule has 1 heterocycles. The maximum Gasteiger partial charge on any atom is 0.343 e. The van der Waals surface area contributed by atoms with Crippen LogP contribution < -0.4 is 20.6 Å². The standard InChI is InChI=1S/C20H17ClN4O4S/c1-11-17(30-20(22)24-11)18(26)25-23-10-12-3-8-15(16(9-12)28-2)29-19(27)13-4-6-14(21)7-5-13/h3-10H,1-2H3,(H2,22,24)(H,25,26). The molecule has 3 aromatic rings. The number of nitrogens with one attached hydrogen (secondary N) is 1. The fourth-order valence-electron chi connectivity index (χ4n) is 2.44. The van der Waals surface area contributed by atoms with Gasteiger partial charge in [-0.15, -0.1) is 0 Å². The van der Waals surface area contributed by atoms with E-state index < -0.39 is 11.9 Å². The molecule has 0 bridgehead atoms. The molecule has 0 aliphatic carbocycles. The maximum atomic E-state index is 12.3. The smallest absolute Gasteiger partial charge is 0.343 e. The molecule has 1 aromatic heterocycles. The number of esters is 1. The number of nitrogen functional groups attached to an aromatic ring is 1. The molecule has 0 unspecified atom stereocenters. The third-order valence-electron chi connectivity index (χ3n) is 3.87. The van der Waals surface area contributed by atoms with E-state index in [4.69, 9.17) is 26.8 Å². The normalized spacial score (nSPS) is 10.8. The summed E-state index contributed by atoms with van der Waals surface area (Å²) in [5.41, 5.74) is 9.53. The first kappa shape index (κ1) is 21.3. The Bertz CT molecular complexity index is 1110. The number of nitrogens with two attached hydrogens (primary N) is 1. The highest BCUT2D eigenvalue weighted by Gasteiger charge is 2.14. The number of nitrogens with zero attached hydrogens (tertiary/aromatic N) is 2. The number of methoxy groups -OCH3 is 1. The van der Waals surface area contributed by atoms with Crippen LogP contribution in [-0.2, 0) is 0 Å². The van der Waals surface area contributed by atoms with Gasteiger partial charge in [0.05, 0.1) is 24.6 Å². The summed E-state index contributed by atoms with van der Waals surface area (Å²) in [5.74, 6) is -0.371. The molecule has 10 heteroatoms. The second kappa shape index (κ2) is 9.38. The van der Waals surface area contributed by atoms with Crippen molar-refractivity contribution in [1.82, 2.24) is 10.4 Å². The first-order valence-electron chi connectivity index (χ1n) is 8.59. The van der Waals surface area contributed by atoms with Gasteiger partial charge >= 0.3 is 5.97 Å². The van der Waals surface area contributed by atoms with E-state index in [1.165, 1.54) is 13.3 Å². The minimum atomic E-state index is -0.544. The van der Waals surface area contributed by atoms with Gasteiger partial charge < -0.3 is 15.2 Å². The number of aromatic nitrogens is 1. The minimum absolute atomic E-state index is 0.245. The molecule has 0 atom stereocenters. The molecular formula is C20H17ClN4O4S. The van der Waals surface area contributed by atoms with Crippen molar-refractivity contribution in [3.63, 3.8) is 0 Å². The first-order chi connectivity index (χ1) is 14.4. The summed E-state index contributed by atoms with van der Waals surface area (Å²) < 4.78 is 10.7. The van der Waals surface area contributed by atoms with Crippen molar-refractivity contribution in [2.75, 3.05) is 12.8 Å². The number of carbonyl (C=O) groups is 2. The van der Waals surface area contributed by atoms with Crippen molar-refractivity contribution in [3.8, 4) is 11.5 Å². The second-order valence-corrected chi connectivity index (χ2v) is 7.44. The fraction of sp³-hybridized carbons (Fsp3) is 0.100. The van der Waals surface area contributed by atoms with Crippen LogP contribution in [0.25, 0.3) is 0 Å². The molecule has 0 saturated heterocycles. The van der Waals surface area contributed by atoms with Gasteiger partial charge in [-0.3, -0.25) is 4.79 Å². The van der Waals surface area contributed by atoms with Crippen LogP contribution in [0.5, 0.6) is 11.5 Å². The number of thiazole rings is 1. The van der Waals surface area contributed by atoms with Gasteiger partial charge in [0.15, 0.2) is 16.6 Å². The maximum absolute atomic E-state index is 12.3. The Kier molecular flexibility index (Phi) is 6.65. The van der Waals surface area contributed by atoms with Crippen LogP contribution in [0.3, 0.4) is 0 Å². The average molecular weight is 445 g/mol. The van der Waals surface area contributed by atoms with E-state index in [9.17, 15) is 9.59 Å². The van der Waals surface area contributed by atoms with Crippen molar-refractivity contribution < 1.29 is 19.1 Å². The molecule has 3 rings (SSSR count). The number of benzene rings is 2. The zero-order chi connectivity index (χ0) is 21.7. The van der Waals surface area contributed by atoms with Gasteiger partial charge in [0, 0.05) is 5.02 Å². The molecule has 3 N–H and O–H groups in total. The van der Waals surface area contributed by atoms with E-state index in [1.807, 2.05) is 0 Å². The molecule has 0 spiro atoms. The Balaban J connectivity index is 1.68. The zero-order valence-corrected chi connectivity index (χ0v) is 17.6. The number of hydrogen-bond donors (Lipinski definition) is 2. The van der Waals surface area contributed by atoms with Crippen LogP contribution in [0.2, 0.25) is 5.02 Å². The Morgan fingerprint density at radius 1 is 1.20 bits per heavy atom. The molecule has 1 amide bonds. The SMILES string of the molecule is COc1cc(C=NNC(=O)c2sc(N)nc2C)ccc1OC(=O)c1ccc(Cl)cc1. The minimum Gasteiger partial charge on any atom is -0.493 e. The third-order valence-corrected chi connectivity index (χ3v) is 5.11. The number of hydrogen-bond acceptors (Lipinski definition) is 8. The second-order valence-electron chi connectivity index (χ2n) is 5.97. The van der Waals surface area contributed by atoms with Gasteiger partial charge in [-0.05, 0) is 55.0 Å². The number of amides is 1. The zero-order valence-electron chi connectivity index (χ0n) is 16.0. The largest absolute Gasteiger partial charge is 0.493 e. The van der Waals surface area contributed by atoms with Crippen LogP contribution >= 0.6 is 22.9 Å². The number of aryl methyl sites for hydroxylation is 1. The summed E-state index contributed by atoms with van der Waals surface area (Å²) in [5, 5.41) is 4.76. The summed E-state index contributed by atoms with van der Waals surface area (Å²) in [4.78, 5) is 28.8. The van der Waals surface area contributed by atoms with E-state index in [-0.39, 0.29) is 5.75 Å². The summed E-state index contributed by atoms with van der Waals surface area (Å²) >= 11 is 6.91. The van der Waals surface area contributed by atoms with Crippen LogP contribution in [0.4, 0.5) is 5.13 Å². The molecule has 0 aliphatic heterocycles. The lowest BCUT2D eigenvalue weighted by Crippen LogP contribution is -2.17. The van der Waals surface area contributed by atoms with Gasteiger partial charge in [-0.25, -0.2) is 15.2 Å². The molecular weight excluding hydrogens is 428 g/mol. The molecule has 0 fully saturated rings. The number of halogens is 1. The Hall–Kier alpha value is -3.43. The van der Waals surface area contributed by atoms with Gasteiger partial charge in [0.2, 0.25) is 0 Å². The highest BCUT2D eigenvalue weighted by Crippen LogP contribution is 2.28. The van der Waals surface area contributed by atoms with Crippen molar-refractivity contribution in [2.45, 2.75) is 6.92 Å². The van der Waals surface area contributed by atoms with Gasteiger partial charge in [0.1, 0.15) is 4.88 Å². The number of carbonyl (C=O) groups excluding carboxylic acids is 2. The summed E-state index contributed by atoms with van der Waals surface area (Å²) in [6.45, 7) is 1.69. The van der Waals surface area contributed by atoms with Gasteiger partial charge in [-0.2, -0.15) is 5.10 Å². The van der Waals surface area contributed by atoms with Crippen molar-refractivity contribution in [3.05, 3.63) is 69.2 Å². The first-order valence-corrected chi connectivity index (χ1v) is 9.79. The van der Waals surface area contributed by atoms with Crippen LogP contribution in [-0.4, -0.2) is 30.2 Å². The third kappa shape index (κ3) is 5.13.